The lowest BCUT2D eigenvalue weighted by atomic mass is 9.73. The van der Waals surface area contributed by atoms with E-state index in [4.69, 9.17) is 9.47 Å². The van der Waals surface area contributed by atoms with Crippen molar-refractivity contribution in [2.75, 3.05) is 0 Å². The van der Waals surface area contributed by atoms with Gasteiger partial charge in [0.1, 0.15) is 16.9 Å². The number of epoxide rings is 1. The van der Waals surface area contributed by atoms with E-state index in [0.717, 1.165) is 24.8 Å². The number of cyclic esters (lactones) is 1. The van der Waals surface area contributed by atoms with E-state index < -0.39 is 35.6 Å². The van der Waals surface area contributed by atoms with Crippen molar-refractivity contribution in [3.8, 4) is 0 Å². The van der Waals surface area contributed by atoms with Crippen LogP contribution in [0, 0.1) is 17.3 Å². The predicted octanol–water partition coefficient (Wildman–Crippen LogP) is 3.66. The van der Waals surface area contributed by atoms with E-state index in [9.17, 15) is 24.9 Å². The molecule has 0 spiro atoms. The quantitative estimate of drug-likeness (QED) is 0.404. The molecular formula is C27H41NO7S. The molecule has 36 heavy (non-hydrogen) atoms. The number of aliphatic hydroxyl groups excluding tert-OH is 3. The smallest absolute Gasteiger partial charge is 0.309 e. The second-order valence-corrected chi connectivity index (χ2v) is 12.2. The SMILES string of the molecule is CC(=Cc1csc(CO)n1)[C@@H]1C[C@@H]2O[C@]2(C)CCC[C@H](C)C(O)[C@@H](C)C(=O)C(C)(C)[C@@H](O)CC(=O)O1. The zero-order valence-electron chi connectivity index (χ0n) is 22.2. The Morgan fingerprint density at radius 3 is 2.58 bits per heavy atom. The maximum Gasteiger partial charge on any atom is 0.309 e. The Kier molecular flexibility index (Phi) is 9.15. The summed E-state index contributed by atoms with van der Waals surface area (Å²) in [7, 11) is 0. The lowest BCUT2D eigenvalue weighted by Crippen LogP contribution is -2.45. The van der Waals surface area contributed by atoms with Crippen LogP contribution in [0.4, 0.5) is 0 Å². The number of aromatic nitrogens is 1. The van der Waals surface area contributed by atoms with Crippen LogP contribution < -0.4 is 0 Å². The first-order valence-corrected chi connectivity index (χ1v) is 13.7. The molecule has 0 amide bonds. The Bertz CT molecular complexity index is 973. The number of carbonyl (C=O) groups excluding carboxylic acids is 2. The minimum Gasteiger partial charge on any atom is -0.458 e. The number of thiazole rings is 1. The second-order valence-electron chi connectivity index (χ2n) is 11.3. The molecule has 1 unspecified atom stereocenters. The Morgan fingerprint density at radius 2 is 1.94 bits per heavy atom. The molecule has 9 heteroatoms. The molecule has 3 N–H and O–H groups in total. The Hall–Kier alpha value is -1.65. The van der Waals surface area contributed by atoms with Crippen molar-refractivity contribution in [3.05, 3.63) is 21.7 Å². The fourth-order valence-corrected chi connectivity index (χ4v) is 5.69. The van der Waals surface area contributed by atoms with Crippen LogP contribution in [-0.4, -0.2) is 62.1 Å². The van der Waals surface area contributed by atoms with Crippen molar-refractivity contribution in [2.24, 2.45) is 17.3 Å². The molecule has 1 aromatic heterocycles. The summed E-state index contributed by atoms with van der Waals surface area (Å²) in [5.74, 6) is -1.64. The third kappa shape index (κ3) is 6.61. The minimum atomic E-state index is -1.26. The highest BCUT2D eigenvalue weighted by Gasteiger charge is 2.53. The summed E-state index contributed by atoms with van der Waals surface area (Å²) in [6.45, 7) is 10.6. The number of hydrogen-bond donors (Lipinski definition) is 3. The monoisotopic (exact) mass is 523 g/mol. The second kappa shape index (κ2) is 11.4. The molecule has 0 saturated carbocycles. The lowest BCUT2D eigenvalue weighted by molar-refractivity contribution is -0.154. The summed E-state index contributed by atoms with van der Waals surface area (Å²) in [6, 6.07) is 0. The highest BCUT2D eigenvalue weighted by Crippen LogP contribution is 2.45. The number of carbonyl (C=O) groups is 2. The molecule has 2 fully saturated rings. The number of nitrogens with zero attached hydrogens (tertiary/aromatic N) is 1. The largest absolute Gasteiger partial charge is 0.458 e. The lowest BCUT2D eigenvalue weighted by Gasteiger charge is -2.34. The third-order valence-corrected chi connectivity index (χ3v) is 8.85. The van der Waals surface area contributed by atoms with Crippen LogP contribution in [0.2, 0.25) is 0 Å². The molecule has 3 heterocycles. The molecule has 0 aromatic carbocycles. The van der Waals surface area contributed by atoms with E-state index in [1.165, 1.54) is 11.3 Å². The van der Waals surface area contributed by atoms with E-state index >= 15 is 0 Å². The summed E-state index contributed by atoms with van der Waals surface area (Å²) in [5.41, 5.74) is -0.0964. The van der Waals surface area contributed by atoms with Crippen molar-refractivity contribution in [1.82, 2.24) is 4.98 Å². The Morgan fingerprint density at radius 1 is 1.25 bits per heavy atom. The Labute approximate surface area is 217 Å². The van der Waals surface area contributed by atoms with Crippen molar-refractivity contribution in [2.45, 2.75) is 110 Å². The zero-order chi connectivity index (χ0) is 26.8. The number of ketones is 1. The molecule has 2 aliphatic heterocycles. The summed E-state index contributed by atoms with van der Waals surface area (Å²) in [4.78, 5) is 30.5. The summed E-state index contributed by atoms with van der Waals surface area (Å²) in [5, 5.41) is 33.4. The zero-order valence-corrected chi connectivity index (χ0v) is 23.0. The van der Waals surface area contributed by atoms with Crippen molar-refractivity contribution < 1.29 is 34.4 Å². The van der Waals surface area contributed by atoms with Gasteiger partial charge in [0.2, 0.25) is 0 Å². The van der Waals surface area contributed by atoms with E-state index in [0.29, 0.717) is 17.1 Å². The molecule has 8 nitrogen and oxygen atoms in total. The molecule has 0 radical (unpaired) electrons. The third-order valence-electron chi connectivity index (χ3n) is 8.00. The first kappa shape index (κ1) is 28.9. The number of Topliss-reactive ketones (excluding diaryl/α,β-unsaturated/α-hetero) is 1. The predicted molar refractivity (Wildman–Crippen MR) is 137 cm³/mol. The van der Waals surface area contributed by atoms with Gasteiger partial charge in [-0.1, -0.05) is 34.1 Å². The van der Waals surface area contributed by atoms with Crippen LogP contribution >= 0.6 is 11.3 Å². The number of ether oxygens (including phenoxy) is 2. The first-order chi connectivity index (χ1) is 16.8. The average molecular weight is 524 g/mol. The molecule has 2 saturated heterocycles. The first-order valence-electron chi connectivity index (χ1n) is 12.8. The van der Waals surface area contributed by atoms with Crippen LogP contribution in [0.1, 0.15) is 84.3 Å². The van der Waals surface area contributed by atoms with Gasteiger partial charge in [0.25, 0.3) is 0 Å². The molecule has 7 atom stereocenters. The van der Waals surface area contributed by atoms with Crippen LogP contribution in [0.3, 0.4) is 0 Å². The van der Waals surface area contributed by atoms with E-state index in [1.54, 1.807) is 20.8 Å². The highest BCUT2D eigenvalue weighted by molar-refractivity contribution is 7.09. The van der Waals surface area contributed by atoms with Crippen LogP contribution in [0.15, 0.2) is 11.0 Å². The summed E-state index contributed by atoms with van der Waals surface area (Å²) in [6.07, 6.45) is 1.60. The van der Waals surface area contributed by atoms with Gasteiger partial charge < -0.3 is 24.8 Å². The topological polar surface area (TPSA) is 129 Å². The van der Waals surface area contributed by atoms with Gasteiger partial charge in [0.05, 0.1) is 48.0 Å². The van der Waals surface area contributed by atoms with E-state index in [2.05, 4.69) is 4.98 Å². The molecule has 0 aliphatic carbocycles. The van der Waals surface area contributed by atoms with Crippen molar-refractivity contribution in [3.63, 3.8) is 0 Å². The van der Waals surface area contributed by atoms with Gasteiger partial charge in [-0.3, -0.25) is 9.59 Å². The van der Waals surface area contributed by atoms with Gasteiger partial charge in [0.15, 0.2) is 0 Å². The summed E-state index contributed by atoms with van der Waals surface area (Å²) >= 11 is 1.35. The molecule has 0 bridgehead atoms. The van der Waals surface area contributed by atoms with Crippen LogP contribution in [0.25, 0.3) is 6.08 Å². The number of fused-ring (bicyclic) bond motifs is 1. The number of aliphatic hydroxyl groups is 3. The molecule has 3 rings (SSSR count). The highest BCUT2D eigenvalue weighted by atomic mass is 32.1. The van der Waals surface area contributed by atoms with Gasteiger partial charge in [-0.15, -0.1) is 11.3 Å². The number of esters is 1. The molecule has 1 aromatic rings. The fraction of sp³-hybridized carbons (Fsp3) is 0.741. The van der Waals surface area contributed by atoms with Crippen LogP contribution in [-0.2, 0) is 25.7 Å². The minimum absolute atomic E-state index is 0.0860. The Balaban J connectivity index is 1.85. The van der Waals surface area contributed by atoms with E-state index in [1.807, 2.05) is 32.2 Å². The summed E-state index contributed by atoms with van der Waals surface area (Å²) < 4.78 is 11.9. The van der Waals surface area contributed by atoms with Gasteiger partial charge in [0, 0.05) is 17.7 Å². The van der Waals surface area contributed by atoms with Gasteiger partial charge in [-0.2, -0.15) is 0 Å². The average Bonchev–Trinajstić information content (AvgIpc) is 3.23. The number of rotatable bonds is 3. The van der Waals surface area contributed by atoms with Gasteiger partial charge in [-0.25, -0.2) is 4.98 Å². The normalized spacial score (nSPS) is 36.8. The molecule has 202 valence electrons. The van der Waals surface area contributed by atoms with Crippen molar-refractivity contribution in [1.29, 1.82) is 0 Å². The maximum atomic E-state index is 13.2. The van der Waals surface area contributed by atoms with E-state index in [-0.39, 0.29) is 36.4 Å². The molecule has 2 aliphatic rings. The maximum absolute atomic E-state index is 13.2. The molecular weight excluding hydrogens is 482 g/mol. The van der Waals surface area contributed by atoms with Gasteiger partial charge >= 0.3 is 5.97 Å². The van der Waals surface area contributed by atoms with Gasteiger partial charge in [-0.05, 0) is 44.3 Å². The van der Waals surface area contributed by atoms with Crippen LogP contribution in [0.5, 0.6) is 0 Å². The van der Waals surface area contributed by atoms with Crippen molar-refractivity contribution >= 4 is 29.2 Å². The standard InChI is InChI=1S/C27H41NO7S/c1-15-8-7-9-27(6)21(35-27)11-19(16(2)10-18-14-36-22(13-29)28-18)34-23(31)12-20(30)26(4,5)25(33)17(3)24(15)32/h10,14-15,17,19-21,24,29-30,32H,7-9,11-13H2,1-6H3/t15-,17+,19-,20-,21-,24?,27+/m0/s1. The fourth-order valence-electron chi connectivity index (χ4n) is 5.08. The number of hydrogen-bond acceptors (Lipinski definition) is 9.